The van der Waals surface area contributed by atoms with Crippen molar-refractivity contribution in [2.75, 3.05) is 19.6 Å². The first-order valence-corrected chi connectivity index (χ1v) is 6.10. The largest absolute Gasteiger partial charge is 0.349 e. The maximum atomic E-state index is 11.3. The summed E-state index contributed by atoms with van der Waals surface area (Å²) in [6.45, 7) is 3.38. The molecule has 0 saturated carbocycles. The Hall–Kier alpha value is -1.39. The van der Waals surface area contributed by atoms with E-state index in [-0.39, 0.29) is 11.9 Å². The van der Waals surface area contributed by atoms with Gasteiger partial charge in [-0.1, -0.05) is 30.3 Å². The van der Waals surface area contributed by atoms with E-state index in [4.69, 9.17) is 0 Å². The van der Waals surface area contributed by atoms with Crippen molar-refractivity contribution in [2.24, 2.45) is 0 Å². The number of carbonyl (C=O) groups is 1. The average molecular weight is 231 g/mol. The highest BCUT2D eigenvalue weighted by Crippen LogP contribution is 2.15. The van der Waals surface area contributed by atoms with Gasteiger partial charge in [0.2, 0.25) is 5.91 Å². The number of rotatable bonds is 2. The summed E-state index contributed by atoms with van der Waals surface area (Å²) in [5, 5.41) is 6.34. The van der Waals surface area contributed by atoms with Gasteiger partial charge in [-0.3, -0.25) is 9.69 Å². The Labute approximate surface area is 101 Å². The average Bonchev–Trinajstić information content (AvgIpc) is 2.71. The molecule has 4 nitrogen and oxygen atoms in total. The molecule has 2 aliphatic heterocycles. The molecule has 2 fully saturated rings. The maximum absolute atomic E-state index is 11.3. The minimum Gasteiger partial charge on any atom is -0.349 e. The van der Waals surface area contributed by atoms with Gasteiger partial charge in [-0.15, -0.1) is 0 Å². The van der Waals surface area contributed by atoms with Crippen molar-refractivity contribution >= 4 is 5.91 Å². The van der Waals surface area contributed by atoms with Gasteiger partial charge in [-0.25, -0.2) is 0 Å². The zero-order valence-electron chi connectivity index (χ0n) is 9.73. The van der Waals surface area contributed by atoms with E-state index in [0.29, 0.717) is 12.6 Å². The summed E-state index contributed by atoms with van der Waals surface area (Å²) in [4.78, 5) is 13.7. The summed E-state index contributed by atoms with van der Waals surface area (Å²) in [5.74, 6) is 0.118. The van der Waals surface area contributed by atoms with E-state index in [1.807, 2.05) is 6.07 Å². The first-order valence-electron chi connectivity index (χ1n) is 6.10. The number of hydrogen-bond donors (Lipinski definition) is 2. The molecule has 4 heteroatoms. The lowest BCUT2D eigenvalue weighted by molar-refractivity contribution is -0.122. The van der Waals surface area contributed by atoms with Gasteiger partial charge in [0.1, 0.15) is 0 Å². The minimum absolute atomic E-state index is 0.118. The second-order valence-corrected chi connectivity index (χ2v) is 4.84. The van der Waals surface area contributed by atoms with Crippen molar-refractivity contribution in [3.05, 3.63) is 35.9 Å². The lowest BCUT2D eigenvalue weighted by Crippen LogP contribution is -2.58. The van der Waals surface area contributed by atoms with E-state index in [9.17, 15) is 4.79 Å². The van der Waals surface area contributed by atoms with E-state index >= 15 is 0 Å². The Bertz CT molecular complexity index is 406. The monoisotopic (exact) mass is 231 g/mol. The molecule has 2 atom stereocenters. The standard InChI is InChI=1S/C13H17N3O/c17-13-6-14-11-8-16(9-12(11)15-13)7-10-4-2-1-3-5-10/h1-5,11-12,14H,6-9H2,(H,15,17)/t11-,12+/m0/s1. The van der Waals surface area contributed by atoms with Crippen molar-refractivity contribution < 1.29 is 4.79 Å². The predicted molar refractivity (Wildman–Crippen MR) is 65.4 cm³/mol. The molecular weight excluding hydrogens is 214 g/mol. The number of nitrogens with one attached hydrogen (secondary N) is 2. The number of nitrogens with zero attached hydrogens (tertiary/aromatic N) is 1. The number of carbonyl (C=O) groups excluding carboxylic acids is 1. The van der Waals surface area contributed by atoms with Crippen molar-refractivity contribution in [2.45, 2.75) is 18.6 Å². The molecule has 3 rings (SSSR count). The molecule has 0 bridgehead atoms. The molecule has 0 radical (unpaired) electrons. The molecule has 2 saturated heterocycles. The van der Waals surface area contributed by atoms with Gasteiger partial charge in [0.25, 0.3) is 0 Å². The second-order valence-electron chi connectivity index (χ2n) is 4.84. The molecule has 0 unspecified atom stereocenters. The van der Waals surface area contributed by atoms with E-state index in [0.717, 1.165) is 19.6 Å². The van der Waals surface area contributed by atoms with Gasteiger partial charge in [0, 0.05) is 25.7 Å². The summed E-state index contributed by atoms with van der Waals surface area (Å²) in [7, 11) is 0. The van der Waals surface area contributed by atoms with Crippen molar-refractivity contribution in [3.63, 3.8) is 0 Å². The Balaban J connectivity index is 1.62. The normalized spacial score (nSPS) is 28.8. The summed E-state index contributed by atoms with van der Waals surface area (Å²) >= 11 is 0. The minimum atomic E-state index is 0.118. The quantitative estimate of drug-likeness (QED) is 0.750. The van der Waals surface area contributed by atoms with Crippen LogP contribution >= 0.6 is 0 Å². The number of likely N-dealkylation sites (tertiary alicyclic amines) is 1. The van der Waals surface area contributed by atoms with Gasteiger partial charge in [-0.05, 0) is 5.56 Å². The highest BCUT2D eigenvalue weighted by atomic mass is 16.2. The Morgan fingerprint density at radius 3 is 2.76 bits per heavy atom. The van der Waals surface area contributed by atoms with E-state index < -0.39 is 0 Å². The molecule has 2 aliphatic rings. The SMILES string of the molecule is O=C1CN[C@H]2CN(Cc3ccccc3)C[C@H]2N1. The molecule has 2 heterocycles. The van der Waals surface area contributed by atoms with Crippen LogP contribution in [0.4, 0.5) is 0 Å². The smallest absolute Gasteiger partial charge is 0.234 e. The molecule has 2 N–H and O–H groups in total. The number of fused-ring (bicyclic) bond motifs is 1. The van der Waals surface area contributed by atoms with Crippen molar-refractivity contribution in [3.8, 4) is 0 Å². The van der Waals surface area contributed by atoms with Crippen LogP contribution in [0.1, 0.15) is 5.56 Å². The summed E-state index contributed by atoms with van der Waals surface area (Å²) in [6, 6.07) is 11.2. The van der Waals surface area contributed by atoms with Crippen LogP contribution < -0.4 is 10.6 Å². The number of piperazine rings is 1. The molecule has 0 aromatic heterocycles. The van der Waals surface area contributed by atoms with Gasteiger partial charge in [-0.2, -0.15) is 0 Å². The number of benzene rings is 1. The van der Waals surface area contributed by atoms with Gasteiger partial charge in [0.05, 0.1) is 12.6 Å². The first-order chi connectivity index (χ1) is 8.31. The topological polar surface area (TPSA) is 44.4 Å². The van der Waals surface area contributed by atoms with E-state index in [2.05, 4.69) is 39.8 Å². The fourth-order valence-corrected chi connectivity index (χ4v) is 2.69. The van der Waals surface area contributed by atoms with Crippen LogP contribution in [-0.2, 0) is 11.3 Å². The molecule has 0 spiro atoms. The van der Waals surface area contributed by atoms with Crippen LogP contribution in [0.2, 0.25) is 0 Å². The second kappa shape index (κ2) is 4.47. The predicted octanol–water partition coefficient (Wildman–Crippen LogP) is -0.0412. The maximum Gasteiger partial charge on any atom is 0.234 e. The van der Waals surface area contributed by atoms with Crippen molar-refractivity contribution in [1.29, 1.82) is 0 Å². The Kier molecular flexibility index (Phi) is 2.82. The van der Waals surface area contributed by atoms with Gasteiger partial charge in [0.15, 0.2) is 0 Å². The van der Waals surface area contributed by atoms with Crippen LogP contribution in [0.15, 0.2) is 30.3 Å². The first kappa shape index (κ1) is 10.7. The lowest BCUT2D eigenvalue weighted by Gasteiger charge is -2.26. The summed E-state index contributed by atoms with van der Waals surface area (Å²) in [6.07, 6.45) is 0. The third kappa shape index (κ3) is 2.33. The van der Waals surface area contributed by atoms with Crippen LogP contribution in [0, 0.1) is 0 Å². The molecular formula is C13H17N3O. The lowest BCUT2D eigenvalue weighted by atomic mass is 10.1. The Morgan fingerprint density at radius 1 is 1.18 bits per heavy atom. The summed E-state index contributed by atoms with van der Waals surface area (Å²) in [5.41, 5.74) is 1.33. The zero-order chi connectivity index (χ0) is 11.7. The molecule has 1 amide bonds. The number of amides is 1. The molecule has 1 aromatic rings. The molecule has 90 valence electrons. The third-order valence-electron chi connectivity index (χ3n) is 3.52. The van der Waals surface area contributed by atoms with Crippen molar-refractivity contribution in [1.82, 2.24) is 15.5 Å². The van der Waals surface area contributed by atoms with E-state index in [1.165, 1.54) is 5.56 Å². The van der Waals surface area contributed by atoms with Crippen LogP contribution in [0.3, 0.4) is 0 Å². The number of hydrogen-bond acceptors (Lipinski definition) is 3. The van der Waals surface area contributed by atoms with Gasteiger partial charge < -0.3 is 10.6 Å². The molecule has 1 aromatic carbocycles. The molecule has 0 aliphatic carbocycles. The van der Waals surface area contributed by atoms with E-state index in [1.54, 1.807) is 0 Å². The fourth-order valence-electron chi connectivity index (χ4n) is 2.69. The van der Waals surface area contributed by atoms with Crippen LogP contribution in [-0.4, -0.2) is 42.5 Å². The highest BCUT2D eigenvalue weighted by Gasteiger charge is 2.36. The Morgan fingerprint density at radius 2 is 1.94 bits per heavy atom. The van der Waals surface area contributed by atoms with Crippen LogP contribution in [0.5, 0.6) is 0 Å². The molecule has 17 heavy (non-hydrogen) atoms. The van der Waals surface area contributed by atoms with Gasteiger partial charge >= 0.3 is 0 Å². The zero-order valence-corrected chi connectivity index (χ0v) is 9.73. The summed E-state index contributed by atoms with van der Waals surface area (Å²) < 4.78 is 0. The third-order valence-corrected chi connectivity index (χ3v) is 3.52. The highest BCUT2D eigenvalue weighted by molar-refractivity contribution is 5.79. The van der Waals surface area contributed by atoms with Crippen LogP contribution in [0.25, 0.3) is 0 Å². The fraction of sp³-hybridized carbons (Fsp3) is 0.462.